The van der Waals surface area contributed by atoms with Crippen LogP contribution in [-0.4, -0.2) is 38.1 Å². The van der Waals surface area contributed by atoms with E-state index in [2.05, 4.69) is 5.32 Å². The second-order valence-electron chi connectivity index (χ2n) is 4.41. The molecule has 0 heterocycles. The van der Waals surface area contributed by atoms with Crippen LogP contribution in [0.25, 0.3) is 0 Å². The fourth-order valence-corrected chi connectivity index (χ4v) is 1.62. The van der Waals surface area contributed by atoms with Gasteiger partial charge in [-0.25, -0.2) is 8.78 Å². The van der Waals surface area contributed by atoms with Gasteiger partial charge in [0.05, 0.1) is 0 Å². The molecule has 1 rings (SSSR count). The summed E-state index contributed by atoms with van der Waals surface area (Å²) in [5.41, 5.74) is 0.469. The minimum absolute atomic E-state index is 0.348. The maximum Gasteiger partial charge on any atom is 0.262 e. The fraction of sp³-hybridized carbons (Fsp3) is 0.462. The maximum atomic E-state index is 13.7. The van der Waals surface area contributed by atoms with Crippen LogP contribution in [0.1, 0.15) is 12.5 Å². The zero-order valence-corrected chi connectivity index (χ0v) is 11.5. The summed E-state index contributed by atoms with van der Waals surface area (Å²) in [6.45, 7) is 1.79. The number of benzene rings is 1. The lowest BCUT2D eigenvalue weighted by Gasteiger charge is -2.19. The predicted molar refractivity (Wildman–Crippen MR) is 67.9 cm³/mol. The van der Waals surface area contributed by atoms with E-state index in [0.29, 0.717) is 12.1 Å². The van der Waals surface area contributed by atoms with Gasteiger partial charge >= 0.3 is 0 Å². The largest absolute Gasteiger partial charge is 0.475 e. The number of likely N-dealkylation sites (N-methyl/N-ethyl adjacent to an activating group) is 1. The van der Waals surface area contributed by atoms with E-state index in [0.717, 1.165) is 0 Å². The second-order valence-corrected chi connectivity index (χ2v) is 4.41. The number of carbonyl (C=O) groups is 1. The van der Waals surface area contributed by atoms with Gasteiger partial charge in [-0.1, -0.05) is 0 Å². The number of carbonyl (C=O) groups excluding carboxylic acids is 1. The number of amides is 1. The van der Waals surface area contributed by atoms with Crippen LogP contribution >= 0.6 is 0 Å². The molecule has 0 fully saturated rings. The molecule has 0 radical (unpaired) electrons. The summed E-state index contributed by atoms with van der Waals surface area (Å²) in [5, 5.41) is 2.80. The number of nitrogens with one attached hydrogen (secondary N) is 1. The molecule has 106 valence electrons. The van der Waals surface area contributed by atoms with E-state index < -0.39 is 23.5 Å². The highest BCUT2D eigenvalue weighted by Gasteiger charge is 2.21. The summed E-state index contributed by atoms with van der Waals surface area (Å²) >= 11 is 0. The first kappa shape index (κ1) is 15.4. The van der Waals surface area contributed by atoms with Crippen molar-refractivity contribution in [2.24, 2.45) is 0 Å². The van der Waals surface area contributed by atoms with Crippen molar-refractivity contribution in [2.45, 2.75) is 19.6 Å². The van der Waals surface area contributed by atoms with Crippen LogP contribution in [0.3, 0.4) is 0 Å². The lowest BCUT2D eigenvalue weighted by molar-refractivity contribution is -0.135. The molecule has 1 N–H and O–H groups in total. The molecule has 1 unspecified atom stereocenters. The number of halogens is 2. The van der Waals surface area contributed by atoms with Gasteiger partial charge in [0.15, 0.2) is 23.5 Å². The maximum absolute atomic E-state index is 13.7. The van der Waals surface area contributed by atoms with Crippen LogP contribution in [0.15, 0.2) is 12.1 Å². The third kappa shape index (κ3) is 3.89. The smallest absolute Gasteiger partial charge is 0.262 e. The van der Waals surface area contributed by atoms with Gasteiger partial charge in [-0.2, -0.15) is 0 Å². The van der Waals surface area contributed by atoms with Crippen molar-refractivity contribution < 1.29 is 18.3 Å². The molecule has 6 heteroatoms. The van der Waals surface area contributed by atoms with Crippen molar-refractivity contribution >= 4 is 5.91 Å². The lowest BCUT2D eigenvalue weighted by atomic mass is 10.2. The topological polar surface area (TPSA) is 41.6 Å². The Morgan fingerprint density at radius 3 is 2.32 bits per heavy atom. The Labute approximate surface area is 111 Å². The molecule has 0 aliphatic rings. The molecule has 0 bridgehead atoms. The van der Waals surface area contributed by atoms with Crippen molar-refractivity contribution in [1.29, 1.82) is 0 Å². The highest BCUT2D eigenvalue weighted by Crippen LogP contribution is 2.24. The lowest BCUT2D eigenvalue weighted by Crippen LogP contribution is -2.35. The molecule has 1 atom stereocenters. The SMILES string of the molecule is CNCc1cc(F)c(OC(C)C(=O)N(C)C)c(F)c1. The monoisotopic (exact) mass is 272 g/mol. The van der Waals surface area contributed by atoms with Crippen LogP contribution in [0.5, 0.6) is 5.75 Å². The third-order valence-electron chi connectivity index (χ3n) is 2.52. The molecule has 0 saturated carbocycles. The molecule has 0 aromatic heterocycles. The van der Waals surface area contributed by atoms with Crippen molar-refractivity contribution in [3.05, 3.63) is 29.3 Å². The summed E-state index contributed by atoms with van der Waals surface area (Å²) in [6.07, 6.45) is -0.950. The predicted octanol–water partition coefficient (Wildman–Crippen LogP) is 1.54. The first-order chi connectivity index (χ1) is 8.86. The van der Waals surface area contributed by atoms with Crippen LogP contribution in [0, 0.1) is 11.6 Å². The molecule has 4 nitrogen and oxygen atoms in total. The normalized spacial score (nSPS) is 12.1. The fourth-order valence-electron chi connectivity index (χ4n) is 1.62. The summed E-state index contributed by atoms with van der Waals surface area (Å²) in [5.74, 6) is -2.52. The Morgan fingerprint density at radius 2 is 1.89 bits per heavy atom. The van der Waals surface area contributed by atoms with Crippen molar-refractivity contribution in [3.63, 3.8) is 0 Å². The quantitative estimate of drug-likeness (QED) is 0.884. The Morgan fingerprint density at radius 1 is 1.37 bits per heavy atom. The molecule has 0 saturated heterocycles. The van der Waals surface area contributed by atoms with Crippen LogP contribution in [0.2, 0.25) is 0 Å². The van der Waals surface area contributed by atoms with Gasteiger partial charge in [-0.3, -0.25) is 4.79 Å². The average molecular weight is 272 g/mol. The molecule has 0 aliphatic carbocycles. The number of hydrogen-bond donors (Lipinski definition) is 1. The van der Waals surface area contributed by atoms with E-state index in [1.807, 2.05) is 0 Å². The van der Waals surface area contributed by atoms with Gasteiger partial charge in [-0.15, -0.1) is 0 Å². The zero-order chi connectivity index (χ0) is 14.6. The van der Waals surface area contributed by atoms with Gasteiger partial charge < -0.3 is 15.0 Å². The first-order valence-corrected chi connectivity index (χ1v) is 5.87. The Balaban J connectivity index is 2.93. The van der Waals surface area contributed by atoms with E-state index >= 15 is 0 Å². The summed E-state index contributed by atoms with van der Waals surface area (Å²) in [6, 6.07) is 2.36. The number of rotatable bonds is 5. The average Bonchev–Trinajstić information content (AvgIpc) is 2.32. The Bertz CT molecular complexity index is 441. The van der Waals surface area contributed by atoms with E-state index in [4.69, 9.17) is 4.74 Å². The van der Waals surface area contributed by atoms with Crippen molar-refractivity contribution in [3.8, 4) is 5.75 Å². The Kier molecular flexibility index (Phi) is 5.23. The second kappa shape index (κ2) is 6.47. The summed E-state index contributed by atoms with van der Waals surface area (Å²) < 4.78 is 32.6. The van der Waals surface area contributed by atoms with Gasteiger partial charge in [0.1, 0.15) is 0 Å². The Hall–Kier alpha value is -1.69. The molecule has 19 heavy (non-hydrogen) atoms. The molecule has 1 amide bonds. The summed E-state index contributed by atoms with van der Waals surface area (Å²) in [7, 11) is 4.77. The van der Waals surface area contributed by atoms with Gasteiger partial charge in [0.2, 0.25) is 0 Å². The first-order valence-electron chi connectivity index (χ1n) is 5.87. The minimum atomic E-state index is -0.950. The number of ether oxygens (including phenoxy) is 1. The molecule has 1 aromatic rings. The van der Waals surface area contributed by atoms with E-state index in [9.17, 15) is 13.6 Å². The minimum Gasteiger partial charge on any atom is -0.475 e. The molecular weight excluding hydrogens is 254 g/mol. The van der Waals surface area contributed by atoms with Gasteiger partial charge in [0.25, 0.3) is 5.91 Å². The summed E-state index contributed by atoms with van der Waals surface area (Å²) in [4.78, 5) is 12.9. The highest BCUT2D eigenvalue weighted by atomic mass is 19.1. The standard InChI is InChI=1S/C13H18F2N2O2/c1-8(13(18)17(3)4)19-12-10(14)5-9(7-16-2)6-11(12)15/h5-6,8,16H,7H2,1-4H3. The van der Waals surface area contributed by atoms with E-state index in [-0.39, 0.29) is 5.91 Å². The van der Waals surface area contributed by atoms with Crippen LogP contribution in [-0.2, 0) is 11.3 Å². The van der Waals surface area contributed by atoms with Gasteiger partial charge in [0, 0.05) is 20.6 Å². The number of hydrogen-bond acceptors (Lipinski definition) is 3. The highest BCUT2D eigenvalue weighted by molar-refractivity contribution is 5.80. The van der Waals surface area contributed by atoms with Crippen LogP contribution < -0.4 is 10.1 Å². The molecular formula is C13H18F2N2O2. The van der Waals surface area contributed by atoms with Crippen molar-refractivity contribution in [2.75, 3.05) is 21.1 Å². The van der Waals surface area contributed by atoms with E-state index in [1.165, 1.54) is 24.0 Å². The van der Waals surface area contributed by atoms with Gasteiger partial charge in [-0.05, 0) is 31.7 Å². The van der Waals surface area contributed by atoms with E-state index in [1.54, 1.807) is 21.1 Å². The number of nitrogens with zero attached hydrogens (tertiary/aromatic N) is 1. The zero-order valence-electron chi connectivity index (χ0n) is 11.5. The van der Waals surface area contributed by atoms with Crippen LogP contribution in [0.4, 0.5) is 8.78 Å². The molecule has 0 spiro atoms. The molecule has 1 aromatic carbocycles. The van der Waals surface area contributed by atoms with Crippen molar-refractivity contribution in [1.82, 2.24) is 10.2 Å². The molecule has 0 aliphatic heterocycles. The third-order valence-corrected chi connectivity index (χ3v) is 2.52.